The van der Waals surface area contributed by atoms with E-state index >= 15 is 0 Å². The molecule has 3 nitrogen and oxygen atoms in total. The number of hydrogen-bond donors (Lipinski definition) is 2. The van der Waals surface area contributed by atoms with Gasteiger partial charge in [-0.15, -0.1) is 11.3 Å². The molecule has 0 spiro atoms. The second kappa shape index (κ2) is 5.34. The largest absolute Gasteiger partial charge is 0.370 e. The van der Waals surface area contributed by atoms with E-state index in [0.29, 0.717) is 11.9 Å². The first-order valence-corrected chi connectivity index (χ1v) is 6.79. The summed E-state index contributed by atoms with van der Waals surface area (Å²) in [6, 6.07) is 2.25. The summed E-state index contributed by atoms with van der Waals surface area (Å²) >= 11 is 1.88. The molecule has 0 radical (unpaired) electrons. The van der Waals surface area contributed by atoms with Gasteiger partial charge < -0.3 is 11.1 Å². The van der Waals surface area contributed by atoms with Crippen LogP contribution >= 0.6 is 11.3 Å². The van der Waals surface area contributed by atoms with Gasteiger partial charge in [-0.05, 0) is 29.9 Å². The van der Waals surface area contributed by atoms with E-state index in [1.165, 1.54) is 29.7 Å². The Labute approximate surface area is 101 Å². The molecule has 4 heteroatoms. The van der Waals surface area contributed by atoms with Crippen molar-refractivity contribution in [1.29, 1.82) is 0 Å². The second-order valence-corrected chi connectivity index (χ2v) is 5.21. The molecule has 1 aromatic heterocycles. The van der Waals surface area contributed by atoms with Crippen molar-refractivity contribution in [3.05, 3.63) is 21.9 Å². The number of rotatable bonds is 4. The maximum Gasteiger partial charge on any atom is 0.188 e. The highest BCUT2D eigenvalue weighted by molar-refractivity contribution is 7.10. The van der Waals surface area contributed by atoms with Gasteiger partial charge in [-0.3, -0.25) is 4.99 Å². The zero-order valence-electron chi connectivity index (χ0n) is 9.70. The van der Waals surface area contributed by atoms with E-state index in [2.05, 4.69) is 28.7 Å². The standard InChI is InChI=1S/C12H19N3S/c1-2-3-4-11-10(5-6-16-11)9-7-14-12(13)15-8-9/h5-6,9H,2-4,7-8H2,1H3,(H3,13,14,15). The van der Waals surface area contributed by atoms with Crippen LogP contribution in [0.5, 0.6) is 0 Å². The Hall–Kier alpha value is -1.03. The van der Waals surface area contributed by atoms with Gasteiger partial charge in [-0.25, -0.2) is 0 Å². The normalized spacial score (nSPS) is 20.3. The quantitative estimate of drug-likeness (QED) is 0.842. The van der Waals surface area contributed by atoms with E-state index < -0.39 is 0 Å². The molecular weight excluding hydrogens is 218 g/mol. The maximum absolute atomic E-state index is 5.61. The zero-order valence-corrected chi connectivity index (χ0v) is 10.5. The lowest BCUT2D eigenvalue weighted by molar-refractivity contribution is 0.629. The van der Waals surface area contributed by atoms with Gasteiger partial charge in [-0.1, -0.05) is 13.3 Å². The smallest absolute Gasteiger partial charge is 0.188 e. The van der Waals surface area contributed by atoms with Crippen molar-refractivity contribution in [2.24, 2.45) is 10.7 Å². The molecule has 1 aromatic rings. The third kappa shape index (κ3) is 2.55. The van der Waals surface area contributed by atoms with Crippen LogP contribution in [0.15, 0.2) is 16.4 Å². The summed E-state index contributed by atoms with van der Waals surface area (Å²) < 4.78 is 0. The first-order chi connectivity index (χ1) is 7.81. The summed E-state index contributed by atoms with van der Waals surface area (Å²) in [5.41, 5.74) is 7.08. The number of nitrogens with two attached hydrogens (primary N) is 1. The molecule has 1 unspecified atom stereocenters. The average Bonchev–Trinajstić information content (AvgIpc) is 2.75. The number of unbranched alkanes of at least 4 members (excludes halogenated alkanes) is 1. The SMILES string of the molecule is CCCCc1sccc1C1CN=C(N)NC1. The van der Waals surface area contributed by atoms with Gasteiger partial charge in [0.15, 0.2) is 5.96 Å². The van der Waals surface area contributed by atoms with Gasteiger partial charge >= 0.3 is 0 Å². The first kappa shape index (κ1) is 11.5. The number of nitrogens with one attached hydrogen (secondary N) is 1. The molecule has 3 N–H and O–H groups in total. The predicted molar refractivity (Wildman–Crippen MR) is 70.2 cm³/mol. The van der Waals surface area contributed by atoms with Crippen LogP contribution in [0.4, 0.5) is 0 Å². The maximum atomic E-state index is 5.61. The van der Waals surface area contributed by atoms with Gasteiger partial charge in [0.1, 0.15) is 0 Å². The van der Waals surface area contributed by atoms with Crippen LogP contribution < -0.4 is 11.1 Å². The van der Waals surface area contributed by atoms with Crippen LogP contribution in [0, 0.1) is 0 Å². The van der Waals surface area contributed by atoms with Crippen LogP contribution in [0.1, 0.15) is 36.1 Å². The number of thiophene rings is 1. The Morgan fingerprint density at radius 2 is 2.50 bits per heavy atom. The summed E-state index contributed by atoms with van der Waals surface area (Å²) in [5, 5.41) is 5.33. The summed E-state index contributed by atoms with van der Waals surface area (Å²) in [5.74, 6) is 1.09. The fraction of sp³-hybridized carbons (Fsp3) is 0.583. The molecule has 2 rings (SSSR count). The monoisotopic (exact) mass is 237 g/mol. The zero-order chi connectivity index (χ0) is 11.4. The minimum Gasteiger partial charge on any atom is -0.370 e. The van der Waals surface area contributed by atoms with Gasteiger partial charge in [0.2, 0.25) is 0 Å². The van der Waals surface area contributed by atoms with Crippen molar-refractivity contribution in [3.63, 3.8) is 0 Å². The molecule has 0 fully saturated rings. The minimum absolute atomic E-state index is 0.505. The molecule has 0 amide bonds. The highest BCUT2D eigenvalue weighted by Gasteiger charge is 2.19. The molecule has 1 aliphatic heterocycles. The Bertz CT molecular complexity index is 370. The summed E-state index contributed by atoms with van der Waals surface area (Å²) in [7, 11) is 0. The van der Waals surface area contributed by atoms with E-state index in [1.807, 2.05) is 11.3 Å². The Morgan fingerprint density at radius 1 is 1.62 bits per heavy atom. The highest BCUT2D eigenvalue weighted by atomic mass is 32.1. The Balaban J connectivity index is 2.06. The van der Waals surface area contributed by atoms with Crippen LogP contribution in [0.25, 0.3) is 0 Å². The molecule has 1 atom stereocenters. The highest BCUT2D eigenvalue weighted by Crippen LogP contribution is 2.27. The molecule has 0 saturated heterocycles. The third-order valence-corrected chi connectivity index (χ3v) is 3.99. The molecular formula is C12H19N3S. The van der Waals surface area contributed by atoms with E-state index in [9.17, 15) is 0 Å². The van der Waals surface area contributed by atoms with Crippen LogP contribution in [-0.4, -0.2) is 19.0 Å². The van der Waals surface area contributed by atoms with Gasteiger partial charge in [0.25, 0.3) is 0 Å². The predicted octanol–water partition coefficient (Wildman–Crippen LogP) is 2.09. The van der Waals surface area contributed by atoms with E-state index in [4.69, 9.17) is 5.73 Å². The molecule has 16 heavy (non-hydrogen) atoms. The van der Waals surface area contributed by atoms with Crippen molar-refractivity contribution < 1.29 is 0 Å². The van der Waals surface area contributed by atoms with E-state index in [-0.39, 0.29) is 0 Å². The third-order valence-electron chi connectivity index (χ3n) is 2.99. The van der Waals surface area contributed by atoms with E-state index in [0.717, 1.165) is 13.1 Å². The van der Waals surface area contributed by atoms with Crippen LogP contribution in [0.3, 0.4) is 0 Å². The fourth-order valence-corrected chi connectivity index (χ4v) is 3.03. The van der Waals surface area contributed by atoms with Crippen LogP contribution in [0.2, 0.25) is 0 Å². The fourth-order valence-electron chi connectivity index (χ4n) is 2.02. The number of guanidine groups is 1. The molecule has 1 aliphatic rings. The van der Waals surface area contributed by atoms with Crippen molar-refractivity contribution in [1.82, 2.24) is 5.32 Å². The van der Waals surface area contributed by atoms with Crippen molar-refractivity contribution in [2.45, 2.75) is 32.1 Å². The average molecular weight is 237 g/mol. The van der Waals surface area contributed by atoms with Gasteiger partial charge in [-0.2, -0.15) is 0 Å². The Morgan fingerprint density at radius 3 is 3.19 bits per heavy atom. The van der Waals surface area contributed by atoms with Gasteiger partial charge in [0.05, 0.1) is 6.54 Å². The minimum atomic E-state index is 0.505. The number of nitrogens with zero attached hydrogens (tertiary/aromatic N) is 1. The lowest BCUT2D eigenvalue weighted by atomic mass is 9.97. The molecule has 0 aliphatic carbocycles. The Kier molecular flexibility index (Phi) is 3.83. The van der Waals surface area contributed by atoms with Crippen molar-refractivity contribution in [3.8, 4) is 0 Å². The molecule has 0 aromatic carbocycles. The van der Waals surface area contributed by atoms with Crippen LogP contribution in [-0.2, 0) is 6.42 Å². The second-order valence-electron chi connectivity index (χ2n) is 4.21. The number of aliphatic imine (C=N–C) groups is 1. The lowest BCUT2D eigenvalue weighted by Gasteiger charge is -2.21. The molecule has 0 bridgehead atoms. The topological polar surface area (TPSA) is 50.4 Å². The molecule has 88 valence electrons. The summed E-state index contributed by atoms with van der Waals surface area (Å²) in [6.07, 6.45) is 3.74. The number of hydrogen-bond acceptors (Lipinski definition) is 4. The summed E-state index contributed by atoms with van der Waals surface area (Å²) in [4.78, 5) is 5.81. The summed E-state index contributed by atoms with van der Waals surface area (Å²) in [6.45, 7) is 3.99. The lowest BCUT2D eigenvalue weighted by Crippen LogP contribution is -2.39. The first-order valence-electron chi connectivity index (χ1n) is 5.91. The number of aryl methyl sites for hydroxylation is 1. The van der Waals surface area contributed by atoms with Crippen molar-refractivity contribution in [2.75, 3.05) is 13.1 Å². The van der Waals surface area contributed by atoms with Crippen molar-refractivity contribution >= 4 is 17.3 Å². The van der Waals surface area contributed by atoms with E-state index in [1.54, 1.807) is 0 Å². The van der Waals surface area contributed by atoms with Gasteiger partial charge in [0, 0.05) is 17.3 Å². The molecule has 2 heterocycles. The molecule has 0 saturated carbocycles.